The smallest absolute Gasteiger partial charge is 0.000702 e. The van der Waals surface area contributed by atoms with E-state index in [9.17, 15) is 0 Å². The van der Waals surface area contributed by atoms with Crippen molar-refractivity contribution in [3.8, 4) is 0 Å². The van der Waals surface area contributed by atoms with Gasteiger partial charge in [-0.3, -0.25) is 0 Å². The van der Waals surface area contributed by atoms with Crippen molar-refractivity contribution in [1.29, 1.82) is 0 Å². The Morgan fingerprint density at radius 3 is 1.94 bits per heavy atom. The van der Waals surface area contributed by atoms with Crippen LogP contribution in [0.25, 0.3) is 0 Å². The minimum atomic E-state index is 0.921. The Bertz CT molecular complexity index is 117. The molecule has 1 unspecified atom stereocenters. The topological polar surface area (TPSA) is 3.24 Å². The third-order valence-corrected chi connectivity index (χ3v) is 3.07. The van der Waals surface area contributed by atoms with Crippen LogP contribution >= 0.6 is 0 Å². The summed E-state index contributed by atoms with van der Waals surface area (Å²) < 4.78 is 0. The molecule has 1 nitrogen and oxygen atoms in total. The van der Waals surface area contributed by atoms with Gasteiger partial charge in [-0.25, -0.2) is 0 Å². The van der Waals surface area contributed by atoms with E-state index in [0.717, 1.165) is 5.92 Å². The van der Waals surface area contributed by atoms with E-state index in [1.807, 2.05) is 27.7 Å². The fourth-order valence-corrected chi connectivity index (χ4v) is 2.24. The molecule has 1 fully saturated rings. The number of likely N-dealkylation sites (tertiary alicyclic amines) is 1. The molecule has 1 rings (SSSR count). The highest BCUT2D eigenvalue weighted by Gasteiger charge is 2.13. The van der Waals surface area contributed by atoms with Crippen molar-refractivity contribution in [2.75, 3.05) is 19.6 Å². The number of nitrogens with zero attached hydrogens (tertiary/aromatic N) is 1. The second-order valence-electron chi connectivity index (χ2n) is 4.61. The van der Waals surface area contributed by atoms with Crippen LogP contribution < -0.4 is 0 Å². The first-order chi connectivity index (χ1) is 8.33. The van der Waals surface area contributed by atoms with Crippen molar-refractivity contribution >= 4 is 0 Å². The largest absolute Gasteiger partial charge is 0.303 e. The molecule has 0 spiro atoms. The van der Waals surface area contributed by atoms with E-state index in [0.29, 0.717) is 0 Å². The summed E-state index contributed by atoms with van der Waals surface area (Å²) in [6.07, 6.45) is 8.51. The molecule has 1 atom stereocenters. The summed E-state index contributed by atoms with van der Waals surface area (Å²) in [6.45, 7) is 16.8. The van der Waals surface area contributed by atoms with Gasteiger partial charge in [0.1, 0.15) is 0 Å². The van der Waals surface area contributed by atoms with E-state index in [4.69, 9.17) is 0 Å². The number of hydrogen-bond acceptors (Lipinski definition) is 1. The quantitative estimate of drug-likeness (QED) is 0.568. The molecule has 17 heavy (non-hydrogen) atoms. The van der Waals surface area contributed by atoms with E-state index < -0.39 is 0 Å². The maximum Gasteiger partial charge on any atom is 0.000702 e. The highest BCUT2D eigenvalue weighted by Crippen LogP contribution is 2.14. The van der Waals surface area contributed by atoms with Gasteiger partial charge in [0.05, 0.1) is 0 Å². The zero-order valence-electron chi connectivity index (χ0n) is 13.4. The summed E-state index contributed by atoms with van der Waals surface area (Å²) in [5, 5.41) is 0. The third kappa shape index (κ3) is 12.2. The van der Waals surface area contributed by atoms with Crippen molar-refractivity contribution in [3.05, 3.63) is 0 Å². The first kappa shape index (κ1) is 19.3. The second-order valence-corrected chi connectivity index (χ2v) is 4.61. The van der Waals surface area contributed by atoms with Crippen LogP contribution in [0.15, 0.2) is 0 Å². The van der Waals surface area contributed by atoms with Crippen LogP contribution in [0.1, 0.15) is 80.1 Å². The van der Waals surface area contributed by atoms with Crippen molar-refractivity contribution < 1.29 is 0 Å². The fourth-order valence-electron chi connectivity index (χ4n) is 2.24. The van der Waals surface area contributed by atoms with Gasteiger partial charge in [-0.1, -0.05) is 60.8 Å². The molecule has 1 heteroatoms. The summed E-state index contributed by atoms with van der Waals surface area (Å²) in [7, 11) is 0. The summed E-state index contributed by atoms with van der Waals surface area (Å²) in [5.41, 5.74) is 0. The molecule has 0 aliphatic carbocycles. The summed E-state index contributed by atoms with van der Waals surface area (Å²) >= 11 is 0. The highest BCUT2D eigenvalue weighted by atomic mass is 15.1. The molecule has 0 radical (unpaired) electrons. The summed E-state index contributed by atoms with van der Waals surface area (Å²) in [4.78, 5) is 2.64. The van der Waals surface area contributed by atoms with E-state index in [-0.39, 0.29) is 0 Å². The van der Waals surface area contributed by atoms with Crippen LogP contribution in [0.4, 0.5) is 0 Å². The standard InChI is InChI=1S/C12H25N.2C2H6/c1-3-4-5-8-12(2)11-13-9-6-7-10-13;2*1-2/h12H,3-11H2,1-2H3;2*1-2H3. The molecule has 0 aromatic rings. The van der Waals surface area contributed by atoms with Gasteiger partial charge in [-0.15, -0.1) is 0 Å². The molecule has 0 amide bonds. The molecule has 1 saturated heterocycles. The molecular formula is C16H37N. The Morgan fingerprint density at radius 2 is 1.47 bits per heavy atom. The molecular weight excluding hydrogens is 206 g/mol. The SMILES string of the molecule is CC.CC.CCCCCC(C)CN1CCCC1. The Hall–Kier alpha value is -0.0400. The van der Waals surface area contributed by atoms with Crippen molar-refractivity contribution in [3.63, 3.8) is 0 Å². The second kappa shape index (κ2) is 16.0. The van der Waals surface area contributed by atoms with Crippen LogP contribution in [0.3, 0.4) is 0 Å². The Labute approximate surface area is 111 Å². The molecule has 0 aromatic heterocycles. The molecule has 1 heterocycles. The zero-order valence-corrected chi connectivity index (χ0v) is 13.4. The molecule has 106 valence electrons. The van der Waals surface area contributed by atoms with E-state index in [1.165, 1.54) is 58.2 Å². The predicted octanol–water partition coefficient (Wildman–Crippen LogP) is 5.35. The number of unbranched alkanes of at least 4 members (excludes halogenated alkanes) is 2. The lowest BCUT2D eigenvalue weighted by molar-refractivity contribution is 0.276. The minimum absolute atomic E-state index is 0.921. The highest BCUT2D eigenvalue weighted by molar-refractivity contribution is 4.68. The van der Waals surface area contributed by atoms with Crippen LogP contribution in [-0.2, 0) is 0 Å². The summed E-state index contributed by atoms with van der Waals surface area (Å²) in [6, 6.07) is 0. The molecule has 0 bridgehead atoms. The van der Waals surface area contributed by atoms with Gasteiger partial charge in [0.15, 0.2) is 0 Å². The van der Waals surface area contributed by atoms with Gasteiger partial charge in [-0.2, -0.15) is 0 Å². The lowest BCUT2D eigenvalue weighted by Crippen LogP contribution is -2.25. The van der Waals surface area contributed by atoms with Crippen LogP contribution in [-0.4, -0.2) is 24.5 Å². The van der Waals surface area contributed by atoms with Gasteiger partial charge in [0, 0.05) is 6.54 Å². The lowest BCUT2D eigenvalue weighted by atomic mass is 10.0. The maximum absolute atomic E-state index is 2.64. The molecule has 0 N–H and O–H groups in total. The minimum Gasteiger partial charge on any atom is -0.303 e. The molecule has 1 aliphatic rings. The Kier molecular flexibility index (Phi) is 18.1. The Balaban J connectivity index is 0. The molecule has 0 aromatic carbocycles. The van der Waals surface area contributed by atoms with Crippen LogP contribution in [0.2, 0.25) is 0 Å². The zero-order chi connectivity index (χ0) is 13.5. The fraction of sp³-hybridized carbons (Fsp3) is 1.00. The monoisotopic (exact) mass is 243 g/mol. The first-order valence-corrected chi connectivity index (χ1v) is 8.05. The van der Waals surface area contributed by atoms with Crippen molar-refractivity contribution in [2.24, 2.45) is 5.92 Å². The number of hydrogen-bond donors (Lipinski definition) is 0. The molecule has 1 aliphatic heterocycles. The molecule has 0 saturated carbocycles. The van der Waals surface area contributed by atoms with Gasteiger partial charge >= 0.3 is 0 Å². The number of rotatable bonds is 6. The van der Waals surface area contributed by atoms with Gasteiger partial charge < -0.3 is 4.90 Å². The predicted molar refractivity (Wildman–Crippen MR) is 81.7 cm³/mol. The van der Waals surface area contributed by atoms with Crippen LogP contribution in [0, 0.1) is 5.92 Å². The van der Waals surface area contributed by atoms with Gasteiger partial charge in [-0.05, 0) is 38.3 Å². The van der Waals surface area contributed by atoms with E-state index in [2.05, 4.69) is 18.7 Å². The van der Waals surface area contributed by atoms with Gasteiger partial charge in [0.2, 0.25) is 0 Å². The third-order valence-electron chi connectivity index (χ3n) is 3.07. The van der Waals surface area contributed by atoms with Crippen LogP contribution in [0.5, 0.6) is 0 Å². The van der Waals surface area contributed by atoms with E-state index >= 15 is 0 Å². The average Bonchev–Trinajstić information content (AvgIpc) is 2.87. The summed E-state index contributed by atoms with van der Waals surface area (Å²) in [5.74, 6) is 0.921. The van der Waals surface area contributed by atoms with Gasteiger partial charge in [0.25, 0.3) is 0 Å². The van der Waals surface area contributed by atoms with Crippen molar-refractivity contribution in [1.82, 2.24) is 4.90 Å². The first-order valence-electron chi connectivity index (χ1n) is 8.05. The average molecular weight is 243 g/mol. The lowest BCUT2D eigenvalue weighted by Gasteiger charge is -2.19. The van der Waals surface area contributed by atoms with E-state index in [1.54, 1.807) is 0 Å². The normalized spacial score (nSPS) is 16.6. The maximum atomic E-state index is 2.64. The Morgan fingerprint density at radius 1 is 0.941 bits per heavy atom. The van der Waals surface area contributed by atoms with Crippen molar-refractivity contribution in [2.45, 2.75) is 80.1 Å².